The van der Waals surface area contributed by atoms with Crippen LogP contribution < -0.4 is 0 Å². The number of hydrogen-bond acceptors (Lipinski definition) is 24. The standard InChI is InChI=1S/C17H29NO3.C15H25NO3.2C13H21NO3.2C12H19NO3.C11H17NO3.C10H15NO3/c1-4-7-9-14(5-2)13-21-17(20)15-10-8-11-18(12-15)16(19)6-3;1-3-5-6-7-11-19-15(18)13-9-8-10-16(12-13)14(17)4-2;1-4-12(15)14-7-5-6-11(8-14)13(16)17-9-10(2)3;1-3-5-9-17-13(16)11-7-6-8-14(10-11)12(15)4-2;1-4-11(14)13-7-5-6-10(8-13)12(15)16-9(2)3;1-3-8-16-12(15)10-6-5-7-13(9-10)11(14)4-2;1-3-10(13)12-7-5-6-9(8-12)11(14)15-4-2;1-3-9(12)11-6-4-5-8(7-11)10(13)14-2/h6,14-15H,3-5,7-13H2,1-2H3;4,13H,2-3,5-12H2,1H3;4,10-11H,1,5-9H2,2-3H3;4,11H,2-3,5-10H2,1H3;4,9-10H,1,5-8H2,2-3H3;4,10H,2-3,5-9H2,1H3;3,9H,1,4-8H2,2H3;3,8H,1,4-7H2,2H3. The second kappa shape index (κ2) is 72.8. The zero-order valence-corrected chi connectivity index (χ0v) is 83.7. The number of rotatable bonds is 36. The summed E-state index contributed by atoms with van der Waals surface area (Å²) in [6, 6.07) is 0. The Kier molecular flexibility index (Phi) is 66.0. The first-order valence-corrected chi connectivity index (χ1v) is 49.2. The lowest BCUT2D eigenvalue weighted by Gasteiger charge is -2.31. The number of ether oxygens (including phenoxy) is 8. The second-order valence-electron chi connectivity index (χ2n) is 35.4. The first-order chi connectivity index (χ1) is 64.6. The van der Waals surface area contributed by atoms with Gasteiger partial charge in [-0.2, -0.15) is 0 Å². The van der Waals surface area contributed by atoms with E-state index in [9.17, 15) is 76.7 Å². The molecule has 8 aliphatic rings. The van der Waals surface area contributed by atoms with Crippen LogP contribution in [0.5, 0.6) is 0 Å². The van der Waals surface area contributed by atoms with Crippen molar-refractivity contribution in [2.45, 2.75) is 249 Å². The maximum absolute atomic E-state index is 12.2. The summed E-state index contributed by atoms with van der Waals surface area (Å²) in [5.74, 6) is -2.83. The quantitative estimate of drug-likeness (QED) is 0.0243. The zero-order valence-electron chi connectivity index (χ0n) is 83.7. The number of esters is 8. The van der Waals surface area contributed by atoms with Gasteiger partial charge in [0.15, 0.2) is 0 Å². The summed E-state index contributed by atoms with van der Waals surface area (Å²) >= 11 is 0. The number of carbonyl (C=O) groups excluding carboxylic acids is 16. The minimum Gasteiger partial charge on any atom is -0.469 e. The summed E-state index contributed by atoms with van der Waals surface area (Å²) in [5.41, 5.74) is 0. The monoisotopic (exact) mass is 1900 g/mol. The molecule has 8 rings (SSSR count). The number of nitrogens with zero attached hydrogens (tertiary/aromatic N) is 8. The van der Waals surface area contributed by atoms with Crippen molar-refractivity contribution in [3.63, 3.8) is 0 Å². The highest BCUT2D eigenvalue weighted by molar-refractivity contribution is 5.92. The van der Waals surface area contributed by atoms with Crippen molar-refractivity contribution in [1.82, 2.24) is 39.2 Å². The fraction of sp³-hybridized carbons (Fsp3) is 0.689. The molecule has 8 saturated heterocycles. The van der Waals surface area contributed by atoms with Gasteiger partial charge in [-0.1, -0.05) is 146 Å². The first-order valence-electron chi connectivity index (χ1n) is 49.2. The Morgan fingerprint density at radius 1 is 0.281 bits per heavy atom. The molecule has 9 unspecified atom stereocenters. The smallest absolute Gasteiger partial charge is 0.310 e. The number of likely N-dealkylation sites (tertiary alicyclic amines) is 8. The molecule has 0 aromatic carbocycles. The maximum Gasteiger partial charge on any atom is 0.310 e. The van der Waals surface area contributed by atoms with Gasteiger partial charge in [-0.25, -0.2) is 0 Å². The molecule has 0 bridgehead atoms. The van der Waals surface area contributed by atoms with Crippen molar-refractivity contribution < 1.29 is 115 Å². The SMILES string of the molecule is C=CC(=O)N1CCCC(C(=O)OC(C)C)C1.C=CC(=O)N1CCCC(C(=O)OC)C1.C=CC(=O)N1CCCC(C(=O)OCC(C)C)C1.C=CC(=O)N1CCCC(C(=O)OCC(CC)CCCC)C1.C=CC(=O)N1CCCC(C(=O)OCC)C1.C=CC(=O)N1CCCC(C(=O)OCCC)C1.C=CC(=O)N1CCCC(C(=O)OCCCC)C1.C=CC(=O)N1CCCC(C(=O)OCCCCCC)C1. The van der Waals surface area contributed by atoms with Crippen molar-refractivity contribution in [3.05, 3.63) is 101 Å². The molecule has 0 saturated carbocycles. The number of piperidine rings is 8. The third-order valence-electron chi connectivity index (χ3n) is 23.8. The lowest BCUT2D eigenvalue weighted by Crippen LogP contribution is -2.42. The summed E-state index contributed by atoms with van der Waals surface area (Å²) in [5, 5.41) is 0. The van der Waals surface area contributed by atoms with Gasteiger partial charge >= 0.3 is 47.8 Å². The molecule has 9 atom stereocenters. The molecular weight excluding hydrogens is 1730 g/mol. The molecule has 8 aliphatic heterocycles. The van der Waals surface area contributed by atoms with E-state index in [1.807, 2.05) is 34.6 Å². The van der Waals surface area contributed by atoms with Gasteiger partial charge in [0, 0.05) is 105 Å². The molecule has 0 aliphatic carbocycles. The van der Waals surface area contributed by atoms with Crippen LogP contribution in [0.4, 0.5) is 0 Å². The van der Waals surface area contributed by atoms with E-state index in [1.165, 1.54) is 81.4 Å². The lowest BCUT2D eigenvalue weighted by molar-refractivity contribution is -0.155. The highest BCUT2D eigenvalue weighted by Crippen LogP contribution is 2.27. The molecule has 0 radical (unpaired) electrons. The summed E-state index contributed by atoms with van der Waals surface area (Å²) in [6.07, 6.45) is 35.2. The van der Waals surface area contributed by atoms with Crippen molar-refractivity contribution in [2.75, 3.05) is 151 Å². The van der Waals surface area contributed by atoms with Crippen LogP contribution in [-0.2, 0) is 115 Å². The zero-order chi connectivity index (χ0) is 101. The number of unbranched alkanes of at least 4 members (excludes halogenated alkanes) is 5. The summed E-state index contributed by atoms with van der Waals surface area (Å²) in [4.78, 5) is 198. The molecule has 0 spiro atoms. The van der Waals surface area contributed by atoms with E-state index in [1.54, 1.807) is 46.1 Å². The Labute approximate surface area is 805 Å². The largest absolute Gasteiger partial charge is 0.469 e. The second-order valence-corrected chi connectivity index (χ2v) is 35.4. The van der Waals surface area contributed by atoms with Gasteiger partial charge in [-0.05, 0) is 210 Å². The highest BCUT2D eigenvalue weighted by atomic mass is 16.6. The molecule has 8 heterocycles. The molecule has 135 heavy (non-hydrogen) atoms. The maximum atomic E-state index is 12.2. The Morgan fingerprint density at radius 3 is 0.763 bits per heavy atom. The van der Waals surface area contributed by atoms with Crippen LogP contribution in [0.1, 0.15) is 243 Å². The topological polar surface area (TPSA) is 373 Å². The molecule has 8 fully saturated rings. The van der Waals surface area contributed by atoms with E-state index in [-0.39, 0.29) is 148 Å². The molecule has 0 N–H and O–H groups in total. The number of carbonyl (C=O) groups is 16. The van der Waals surface area contributed by atoms with Gasteiger partial charge in [-0.3, -0.25) is 76.7 Å². The molecule has 32 heteroatoms. The average molecular weight is 1900 g/mol. The van der Waals surface area contributed by atoms with Crippen LogP contribution in [0.3, 0.4) is 0 Å². The van der Waals surface area contributed by atoms with E-state index < -0.39 is 0 Å². The number of methoxy groups -OCH3 is 1. The van der Waals surface area contributed by atoms with Crippen LogP contribution in [0.2, 0.25) is 0 Å². The van der Waals surface area contributed by atoms with Gasteiger partial charge < -0.3 is 77.1 Å². The Bertz CT molecular complexity index is 3730. The van der Waals surface area contributed by atoms with Crippen LogP contribution >= 0.6 is 0 Å². The third kappa shape index (κ3) is 50.2. The summed E-state index contributed by atoms with van der Waals surface area (Å²) in [6.45, 7) is 59.8. The highest BCUT2D eigenvalue weighted by Gasteiger charge is 2.36. The van der Waals surface area contributed by atoms with Gasteiger partial charge in [0.1, 0.15) is 0 Å². The van der Waals surface area contributed by atoms with Crippen LogP contribution in [0.25, 0.3) is 0 Å². The van der Waals surface area contributed by atoms with E-state index in [0.29, 0.717) is 156 Å². The molecule has 8 amide bonds. The fourth-order valence-corrected chi connectivity index (χ4v) is 15.9. The van der Waals surface area contributed by atoms with Crippen LogP contribution in [0, 0.1) is 59.2 Å². The lowest BCUT2D eigenvalue weighted by atomic mass is 9.97. The van der Waals surface area contributed by atoms with Gasteiger partial charge in [0.05, 0.1) is 100 Å². The average Bonchev–Trinajstić information content (AvgIpc) is 0.648. The van der Waals surface area contributed by atoms with E-state index >= 15 is 0 Å². The molecule has 0 aromatic rings. The van der Waals surface area contributed by atoms with Crippen molar-refractivity contribution >= 4 is 95.0 Å². The van der Waals surface area contributed by atoms with Gasteiger partial charge in [-0.15, -0.1) is 0 Å². The minimum absolute atomic E-state index is 0.0955. The van der Waals surface area contributed by atoms with Gasteiger partial charge in [0.2, 0.25) is 47.3 Å². The van der Waals surface area contributed by atoms with Crippen LogP contribution in [0.15, 0.2) is 101 Å². The predicted octanol–water partition coefficient (Wildman–Crippen LogP) is 13.4. The minimum atomic E-state index is -0.230. The third-order valence-corrected chi connectivity index (χ3v) is 23.8. The van der Waals surface area contributed by atoms with Crippen molar-refractivity contribution in [1.29, 1.82) is 0 Å². The number of hydrogen-bond donors (Lipinski definition) is 0. The molecular formula is C103H166N8O24. The predicted molar refractivity (Wildman–Crippen MR) is 518 cm³/mol. The van der Waals surface area contributed by atoms with Crippen molar-refractivity contribution in [2.24, 2.45) is 59.2 Å². The normalized spacial score (nSPS) is 20.2. The van der Waals surface area contributed by atoms with E-state index in [4.69, 9.17) is 33.2 Å². The fourth-order valence-electron chi connectivity index (χ4n) is 15.9. The molecule has 32 nitrogen and oxygen atoms in total. The Balaban J connectivity index is 0.000000773. The van der Waals surface area contributed by atoms with Crippen molar-refractivity contribution in [3.8, 4) is 0 Å². The first kappa shape index (κ1) is 122. The van der Waals surface area contributed by atoms with Gasteiger partial charge in [0.25, 0.3) is 0 Å². The number of amides is 8. The summed E-state index contributed by atoms with van der Waals surface area (Å²) in [7, 11) is 1.37. The molecule has 762 valence electrons. The van der Waals surface area contributed by atoms with Crippen LogP contribution in [-0.4, -0.2) is 292 Å². The summed E-state index contributed by atoms with van der Waals surface area (Å²) < 4.78 is 41.0. The Hall–Kier alpha value is -10.6. The Morgan fingerprint density at radius 2 is 0.526 bits per heavy atom. The van der Waals surface area contributed by atoms with E-state index in [2.05, 4.69) is 85.1 Å². The van der Waals surface area contributed by atoms with E-state index in [0.717, 1.165) is 148 Å². The molecule has 0 aromatic heterocycles.